The maximum Gasteiger partial charge on any atom is 0.411 e. The summed E-state index contributed by atoms with van der Waals surface area (Å²) in [7, 11) is 1.33. The molecule has 0 radical (unpaired) electrons. The van der Waals surface area contributed by atoms with Crippen LogP contribution >= 0.6 is 0 Å². The van der Waals surface area contributed by atoms with E-state index in [1.807, 2.05) is 44.2 Å². The third-order valence-corrected chi connectivity index (χ3v) is 5.43. The molecule has 2 rings (SSSR count). The summed E-state index contributed by atoms with van der Waals surface area (Å²) in [6.45, 7) is 4.67. The molecular formula is C22H32N2O6. The number of hydrogen-bond acceptors (Lipinski definition) is 6. The van der Waals surface area contributed by atoms with Gasteiger partial charge in [-0.2, -0.15) is 0 Å². The van der Waals surface area contributed by atoms with Crippen molar-refractivity contribution < 1.29 is 29.0 Å². The van der Waals surface area contributed by atoms with Crippen LogP contribution in [0.4, 0.5) is 4.79 Å². The first-order valence-corrected chi connectivity index (χ1v) is 10.3. The molecule has 8 nitrogen and oxygen atoms in total. The van der Waals surface area contributed by atoms with Gasteiger partial charge in [0, 0.05) is 6.54 Å². The van der Waals surface area contributed by atoms with Crippen LogP contribution in [0, 0.1) is 5.92 Å². The van der Waals surface area contributed by atoms with Crippen molar-refractivity contribution in [2.24, 2.45) is 5.92 Å². The van der Waals surface area contributed by atoms with Gasteiger partial charge in [-0.25, -0.2) is 9.59 Å². The quantitative estimate of drug-likeness (QED) is 0.561. The summed E-state index contributed by atoms with van der Waals surface area (Å²) in [5.74, 6) is -1.17. The molecule has 1 heterocycles. The Kier molecular flexibility index (Phi) is 8.65. The number of hydrogen-bond donors (Lipinski definition) is 2. The molecule has 1 fully saturated rings. The maximum absolute atomic E-state index is 12.7. The Morgan fingerprint density at radius 2 is 1.93 bits per heavy atom. The second-order valence-corrected chi connectivity index (χ2v) is 8.04. The molecule has 166 valence electrons. The smallest absolute Gasteiger partial charge is 0.411 e. The van der Waals surface area contributed by atoms with Crippen LogP contribution in [0.25, 0.3) is 0 Å². The lowest BCUT2D eigenvalue weighted by molar-refractivity contribution is -0.149. The summed E-state index contributed by atoms with van der Waals surface area (Å²) >= 11 is 0. The Labute approximate surface area is 177 Å². The number of rotatable bonds is 10. The predicted molar refractivity (Wildman–Crippen MR) is 111 cm³/mol. The third kappa shape index (κ3) is 5.95. The predicted octanol–water partition coefficient (Wildman–Crippen LogP) is 2.81. The fraction of sp³-hybridized carbons (Fsp3) is 0.591. The number of ether oxygens (including phenoxy) is 2. The minimum atomic E-state index is -1.35. The van der Waals surface area contributed by atoms with Crippen molar-refractivity contribution in [2.45, 2.75) is 57.7 Å². The van der Waals surface area contributed by atoms with E-state index in [-0.39, 0.29) is 31.5 Å². The van der Waals surface area contributed by atoms with E-state index in [4.69, 9.17) is 9.47 Å². The van der Waals surface area contributed by atoms with Crippen LogP contribution in [0.1, 0.15) is 45.1 Å². The normalized spacial score (nSPS) is 19.5. The van der Waals surface area contributed by atoms with Crippen LogP contribution < -0.4 is 5.32 Å². The van der Waals surface area contributed by atoms with E-state index in [9.17, 15) is 19.5 Å². The largest absolute Gasteiger partial charge is 0.479 e. The fourth-order valence-corrected chi connectivity index (χ4v) is 3.86. The Hall–Kier alpha value is -2.61. The lowest BCUT2D eigenvalue weighted by atomic mass is 9.91. The SMILES string of the molecule is COC(=O)C(CC(C)C)NCC[C@@]1(C(=O)O)CCCN1C(=O)OCc1ccccc1. The van der Waals surface area contributed by atoms with E-state index in [0.717, 1.165) is 5.56 Å². The summed E-state index contributed by atoms with van der Waals surface area (Å²) in [6.07, 6.45) is 1.05. The first kappa shape index (κ1) is 23.7. The van der Waals surface area contributed by atoms with Crippen LogP contribution in [0.5, 0.6) is 0 Å². The number of benzene rings is 1. The molecule has 1 saturated heterocycles. The number of carbonyl (C=O) groups is 3. The van der Waals surface area contributed by atoms with Crippen molar-refractivity contribution in [3.05, 3.63) is 35.9 Å². The second-order valence-electron chi connectivity index (χ2n) is 8.04. The van der Waals surface area contributed by atoms with Crippen molar-refractivity contribution in [1.29, 1.82) is 0 Å². The molecule has 30 heavy (non-hydrogen) atoms. The molecule has 0 aliphatic carbocycles. The first-order valence-electron chi connectivity index (χ1n) is 10.3. The number of nitrogens with one attached hydrogen (secondary N) is 1. The highest BCUT2D eigenvalue weighted by Gasteiger charge is 2.50. The van der Waals surface area contributed by atoms with Gasteiger partial charge in [0.2, 0.25) is 0 Å². The molecule has 1 aliphatic rings. The van der Waals surface area contributed by atoms with Crippen LogP contribution in [0.15, 0.2) is 30.3 Å². The zero-order chi connectivity index (χ0) is 22.1. The van der Waals surface area contributed by atoms with Gasteiger partial charge in [-0.1, -0.05) is 44.2 Å². The van der Waals surface area contributed by atoms with Gasteiger partial charge in [0.1, 0.15) is 18.2 Å². The summed E-state index contributed by atoms with van der Waals surface area (Å²) in [6, 6.07) is 8.73. The Bertz CT molecular complexity index is 724. The summed E-state index contributed by atoms with van der Waals surface area (Å²) in [4.78, 5) is 38.2. The molecule has 8 heteroatoms. The maximum atomic E-state index is 12.7. The molecule has 2 atom stereocenters. The van der Waals surface area contributed by atoms with Crippen LogP contribution in [0.2, 0.25) is 0 Å². The molecule has 0 aromatic heterocycles. The second kappa shape index (κ2) is 11.0. The van der Waals surface area contributed by atoms with Gasteiger partial charge < -0.3 is 19.9 Å². The molecule has 0 bridgehead atoms. The topological polar surface area (TPSA) is 105 Å². The third-order valence-electron chi connectivity index (χ3n) is 5.43. The summed E-state index contributed by atoms with van der Waals surface area (Å²) in [5, 5.41) is 13.1. The van der Waals surface area contributed by atoms with Gasteiger partial charge in [-0.05, 0) is 43.7 Å². The highest BCUT2D eigenvalue weighted by Crippen LogP contribution is 2.33. The number of methoxy groups -OCH3 is 1. The molecule has 1 amide bonds. The lowest BCUT2D eigenvalue weighted by Crippen LogP contribution is -2.55. The van der Waals surface area contributed by atoms with E-state index in [1.54, 1.807) is 0 Å². The molecular weight excluding hydrogens is 388 g/mol. The number of carbonyl (C=O) groups excluding carboxylic acids is 2. The van der Waals surface area contributed by atoms with Crippen molar-refractivity contribution in [2.75, 3.05) is 20.2 Å². The Balaban J connectivity index is 2.02. The van der Waals surface area contributed by atoms with E-state index in [2.05, 4.69) is 5.32 Å². The van der Waals surface area contributed by atoms with Gasteiger partial charge >= 0.3 is 18.0 Å². The van der Waals surface area contributed by atoms with Gasteiger partial charge in [0.05, 0.1) is 7.11 Å². The number of nitrogens with zero attached hydrogens (tertiary/aromatic N) is 1. The molecule has 1 aliphatic heterocycles. The fourth-order valence-electron chi connectivity index (χ4n) is 3.86. The average Bonchev–Trinajstić information content (AvgIpc) is 3.16. The van der Waals surface area contributed by atoms with Gasteiger partial charge in [-0.15, -0.1) is 0 Å². The number of amides is 1. The minimum Gasteiger partial charge on any atom is -0.479 e. The highest BCUT2D eigenvalue weighted by molar-refractivity contribution is 5.85. The van der Waals surface area contributed by atoms with E-state index >= 15 is 0 Å². The van der Waals surface area contributed by atoms with E-state index in [1.165, 1.54) is 12.0 Å². The van der Waals surface area contributed by atoms with E-state index in [0.29, 0.717) is 25.8 Å². The average molecular weight is 421 g/mol. The molecule has 1 aromatic carbocycles. The molecule has 2 N–H and O–H groups in total. The van der Waals surface area contributed by atoms with Crippen molar-refractivity contribution in [1.82, 2.24) is 10.2 Å². The Morgan fingerprint density at radius 1 is 1.23 bits per heavy atom. The summed E-state index contributed by atoms with van der Waals surface area (Å²) in [5.41, 5.74) is -0.513. The van der Waals surface area contributed by atoms with Crippen LogP contribution in [-0.2, 0) is 25.7 Å². The van der Waals surface area contributed by atoms with Gasteiger partial charge in [0.15, 0.2) is 0 Å². The molecule has 0 saturated carbocycles. The standard InChI is InChI=1S/C22H32N2O6/c1-16(2)14-18(19(25)29-3)23-12-11-22(20(26)27)10-7-13-24(22)21(28)30-15-17-8-5-4-6-9-17/h4-6,8-9,16,18,23H,7,10-15H2,1-3H3,(H,26,27)/t18?,22-/m1/s1. The monoisotopic (exact) mass is 420 g/mol. The van der Waals surface area contributed by atoms with E-state index < -0.39 is 23.6 Å². The Morgan fingerprint density at radius 3 is 2.53 bits per heavy atom. The number of carboxylic acids is 1. The number of esters is 1. The zero-order valence-corrected chi connectivity index (χ0v) is 17.9. The van der Waals surface area contributed by atoms with Crippen molar-refractivity contribution >= 4 is 18.0 Å². The van der Waals surface area contributed by atoms with Crippen molar-refractivity contribution in [3.8, 4) is 0 Å². The number of carboxylic acid groups (broad SMARTS) is 1. The minimum absolute atomic E-state index is 0.0862. The molecule has 0 spiro atoms. The molecule has 1 unspecified atom stereocenters. The number of likely N-dealkylation sites (tertiary alicyclic amines) is 1. The summed E-state index contributed by atoms with van der Waals surface area (Å²) < 4.78 is 10.2. The van der Waals surface area contributed by atoms with Crippen LogP contribution in [-0.4, -0.2) is 59.8 Å². The highest BCUT2D eigenvalue weighted by atomic mass is 16.6. The van der Waals surface area contributed by atoms with Gasteiger partial charge in [-0.3, -0.25) is 9.69 Å². The lowest BCUT2D eigenvalue weighted by Gasteiger charge is -2.34. The number of aliphatic carboxylic acids is 1. The van der Waals surface area contributed by atoms with Gasteiger partial charge in [0.25, 0.3) is 0 Å². The van der Waals surface area contributed by atoms with Crippen molar-refractivity contribution in [3.63, 3.8) is 0 Å². The first-order chi connectivity index (χ1) is 14.3. The zero-order valence-electron chi connectivity index (χ0n) is 17.9. The van der Waals surface area contributed by atoms with Crippen LogP contribution in [0.3, 0.4) is 0 Å². The molecule has 1 aromatic rings.